The molecule has 3 aromatic rings. The molecule has 1 aliphatic carbocycles. The Balaban J connectivity index is 1.47. The van der Waals surface area contributed by atoms with Gasteiger partial charge in [-0.25, -0.2) is 0 Å². The van der Waals surface area contributed by atoms with Gasteiger partial charge in [0.1, 0.15) is 0 Å². The summed E-state index contributed by atoms with van der Waals surface area (Å²) in [6.07, 6.45) is 3.68. The van der Waals surface area contributed by atoms with E-state index in [-0.39, 0.29) is 23.9 Å². The first-order valence-corrected chi connectivity index (χ1v) is 11.6. The van der Waals surface area contributed by atoms with Crippen LogP contribution in [0.25, 0.3) is 0 Å². The number of carbonyl (C=O) groups is 2. The molecule has 0 bridgehead atoms. The lowest BCUT2D eigenvalue weighted by Crippen LogP contribution is -2.43. The standard InChI is InChI=1S/C27H28ClN3O2/c28-22-8-4-7-21(17-22)26(32)30-24-13-9-19(10-14-24)18-31(25-15-11-23(29)12-16-25)27(33)20-5-2-1-3-6-20/h1-10,13-14,17,23,25H,11-12,15-16,18,29H2,(H,30,32). The van der Waals surface area contributed by atoms with Gasteiger partial charge in [0.05, 0.1) is 0 Å². The van der Waals surface area contributed by atoms with Gasteiger partial charge >= 0.3 is 0 Å². The van der Waals surface area contributed by atoms with Crippen molar-refractivity contribution in [3.05, 3.63) is 101 Å². The molecule has 170 valence electrons. The molecule has 0 radical (unpaired) electrons. The summed E-state index contributed by atoms with van der Waals surface area (Å²) in [7, 11) is 0. The minimum atomic E-state index is -0.218. The van der Waals surface area contributed by atoms with E-state index in [0.29, 0.717) is 28.4 Å². The zero-order valence-corrected chi connectivity index (χ0v) is 19.2. The second-order valence-corrected chi connectivity index (χ2v) is 8.97. The molecule has 5 nitrogen and oxygen atoms in total. The molecule has 0 spiro atoms. The molecule has 0 atom stereocenters. The van der Waals surface area contributed by atoms with E-state index in [2.05, 4.69) is 5.32 Å². The highest BCUT2D eigenvalue weighted by Gasteiger charge is 2.28. The number of halogens is 1. The molecule has 6 heteroatoms. The fourth-order valence-corrected chi connectivity index (χ4v) is 4.44. The number of rotatable bonds is 6. The van der Waals surface area contributed by atoms with Crippen molar-refractivity contribution in [1.82, 2.24) is 4.90 Å². The third-order valence-electron chi connectivity index (χ3n) is 6.12. The van der Waals surface area contributed by atoms with Crippen LogP contribution in [0.15, 0.2) is 78.9 Å². The van der Waals surface area contributed by atoms with E-state index in [1.165, 1.54) is 0 Å². The van der Waals surface area contributed by atoms with E-state index in [4.69, 9.17) is 17.3 Å². The maximum atomic E-state index is 13.4. The lowest BCUT2D eigenvalue weighted by atomic mass is 9.90. The van der Waals surface area contributed by atoms with Crippen molar-refractivity contribution in [3.63, 3.8) is 0 Å². The van der Waals surface area contributed by atoms with Crippen molar-refractivity contribution in [3.8, 4) is 0 Å². The summed E-state index contributed by atoms with van der Waals surface area (Å²) in [6, 6.07) is 24.3. The number of benzene rings is 3. The van der Waals surface area contributed by atoms with E-state index in [1.54, 1.807) is 24.3 Å². The van der Waals surface area contributed by atoms with Crippen LogP contribution in [0.4, 0.5) is 5.69 Å². The zero-order valence-electron chi connectivity index (χ0n) is 18.4. The lowest BCUT2D eigenvalue weighted by Gasteiger charge is -2.36. The first kappa shape index (κ1) is 23.0. The largest absolute Gasteiger partial charge is 0.331 e. The third kappa shape index (κ3) is 6.01. The average molecular weight is 462 g/mol. The Bertz CT molecular complexity index is 1090. The monoisotopic (exact) mass is 461 g/mol. The summed E-state index contributed by atoms with van der Waals surface area (Å²) in [5, 5.41) is 3.41. The van der Waals surface area contributed by atoms with Crippen molar-refractivity contribution >= 4 is 29.1 Å². The van der Waals surface area contributed by atoms with Crippen LogP contribution < -0.4 is 11.1 Å². The Morgan fingerprint density at radius 1 is 0.879 bits per heavy atom. The second kappa shape index (κ2) is 10.6. The van der Waals surface area contributed by atoms with Gasteiger partial charge in [-0.2, -0.15) is 0 Å². The number of nitrogens with zero attached hydrogens (tertiary/aromatic N) is 1. The molecule has 0 unspecified atom stereocenters. The number of amides is 2. The number of hydrogen-bond donors (Lipinski definition) is 2. The Labute approximate surface area is 199 Å². The molecule has 33 heavy (non-hydrogen) atoms. The molecule has 3 aromatic carbocycles. The van der Waals surface area contributed by atoms with Crippen LogP contribution in [0.3, 0.4) is 0 Å². The van der Waals surface area contributed by atoms with Crippen LogP contribution in [0.1, 0.15) is 52.0 Å². The maximum absolute atomic E-state index is 13.4. The van der Waals surface area contributed by atoms with Gasteiger partial charge < -0.3 is 16.0 Å². The summed E-state index contributed by atoms with van der Waals surface area (Å²) < 4.78 is 0. The molecule has 0 aromatic heterocycles. The quantitative estimate of drug-likeness (QED) is 0.508. The van der Waals surface area contributed by atoms with Gasteiger partial charge in [-0.3, -0.25) is 9.59 Å². The van der Waals surface area contributed by atoms with Crippen LogP contribution in [0.5, 0.6) is 0 Å². The minimum absolute atomic E-state index is 0.0365. The molecule has 3 N–H and O–H groups in total. The van der Waals surface area contributed by atoms with E-state index >= 15 is 0 Å². The second-order valence-electron chi connectivity index (χ2n) is 8.53. The Hall–Kier alpha value is -3.15. The predicted molar refractivity (Wildman–Crippen MR) is 132 cm³/mol. The normalized spacial score (nSPS) is 17.9. The van der Waals surface area contributed by atoms with Crippen LogP contribution >= 0.6 is 11.6 Å². The minimum Gasteiger partial charge on any atom is -0.331 e. The summed E-state index contributed by atoms with van der Waals surface area (Å²) in [4.78, 5) is 27.8. The van der Waals surface area contributed by atoms with Gasteiger partial charge in [0.2, 0.25) is 0 Å². The van der Waals surface area contributed by atoms with Crippen molar-refractivity contribution < 1.29 is 9.59 Å². The van der Waals surface area contributed by atoms with Crippen molar-refractivity contribution in [2.24, 2.45) is 5.73 Å². The Morgan fingerprint density at radius 2 is 1.55 bits per heavy atom. The summed E-state index contributed by atoms with van der Waals surface area (Å²) in [6.45, 7) is 0.510. The SMILES string of the molecule is NC1CCC(N(Cc2ccc(NC(=O)c3cccc(Cl)c3)cc2)C(=O)c2ccccc2)CC1. The first-order chi connectivity index (χ1) is 16.0. The molecule has 0 saturated heterocycles. The van der Waals surface area contributed by atoms with E-state index in [9.17, 15) is 9.59 Å². The Morgan fingerprint density at radius 3 is 2.21 bits per heavy atom. The van der Waals surface area contributed by atoms with Crippen LogP contribution in [0.2, 0.25) is 5.02 Å². The topological polar surface area (TPSA) is 75.4 Å². The van der Waals surface area contributed by atoms with E-state index < -0.39 is 0 Å². The molecule has 1 fully saturated rings. The van der Waals surface area contributed by atoms with Gasteiger partial charge in [0.25, 0.3) is 11.8 Å². The van der Waals surface area contributed by atoms with Gasteiger partial charge in [-0.15, -0.1) is 0 Å². The third-order valence-corrected chi connectivity index (χ3v) is 6.35. The summed E-state index contributed by atoms with van der Waals surface area (Å²) >= 11 is 5.98. The molecule has 1 aliphatic rings. The number of carbonyl (C=O) groups excluding carboxylic acids is 2. The number of nitrogens with one attached hydrogen (secondary N) is 1. The average Bonchev–Trinajstić information content (AvgIpc) is 2.84. The zero-order chi connectivity index (χ0) is 23.2. The molecule has 0 aliphatic heterocycles. The fourth-order valence-electron chi connectivity index (χ4n) is 4.25. The number of anilines is 1. The van der Waals surface area contributed by atoms with Gasteiger partial charge in [0.15, 0.2) is 0 Å². The predicted octanol–water partition coefficient (Wildman–Crippen LogP) is 5.50. The van der Waals surface area contributed by atoms with E-state index in [0.717, 1.165) is 31.2 Å². The summed E-state index contributed by atoms with van der Waals surface area (Å²) in [5.41, 5.74) is 8.99. The van der Waals surface area contributed by atoms with Gasteiger partial charge in [0, 0.05) is 40.5 Å². The lowest BCUT2D eigenvalue weighted by molar-refractivity contribution is 0.0606. The number of hydrogen-bond acceptors (Lipinski definition) is 3. The number of nitrogens with two attached hydrogens (primary N) is 1. The molecule has 1 saturated carbocycles. The molecular weight excluding hydrogens is 434 g/mol. The molecule has 0 heterocycles. The summed E-state index contributed by atoms with van der Waals surface area (Å²) in [5.74, 6) is -0.181. The molecule has 2 amide bonds. The van der Waals surface area contributed by atoms with Gasteiger partial charge in [-0.1, -0.05) is 48.0 Å². The Kier molecular flexibility index (Phi) is 7.43. The van der Waals surface area contributed by atoms with Crippen molar-refractivity contribution in [2.45, 2.75) is 44.3 Å². The highest BCUT2D eigenvalue weighted by Crippen LogP contribution is 2.26. The van der Waals surface area contributed by atoms with E-state index in [1.807, 2.05) is 59.5 Å². The van der Waals surface area contributed by atoms with Crippen LogP contribution in [-0.4, -0.2) is 28.8 Å². The van der Waals surface area contributed by atoms with Crippen molar-refractivity contribution in [2.75, 3.05) is 5.32 Å². The molecule has 4 rings (SSSR count). The highest BCUT2D eigenvalue weighted by atomic mass is 35.5. The molecular formula is C27H28ClN3O2. The maximum Gasteiger partial charge on any atom is 0.255 e. The smallest absolute Gasteiger partial charge is 0.255 e. The van der Waals surface area contributed by atoms with Gasteiger partial charge in [-0.05, 0) is 73.7 Å². The van der Waals surface area contributed by atoms with Crippen LogP contribution in [-0.2, 0) is 6.54 Å². The van der Waals surface area contributed by atoms with Crippen LogP contribution in [0, 0.1) is 0 Å². The highest BCUT2D eigenvalue weighted by molar-refractivity contribution is 6.31. The first-order valence-electron chi connectivity index (χ1n) is 11.3. The fraction of sp³-hybridized carbons (Fsp3) is 0.259. The van der Waals surface area contributed by atoms with Crippen molar-refractivity contribution in [1.29, 1.82) is 0 Å².